The summed E-state index contributed by atoms with van der Waals surface area (Å²) in [5, 5.41) is 5.78. The lowest BCUT2D eigenvalue weighted by Gasteiger charge is -2.32. The minimum absolute atomic E-state index is 0.104. The number of nitrogens with one attached hydrogen (secondary N) is 1. The van der Waals surface area contributed by atoms with Crippen molar-refractivity contribution >= 4 is 45.0 Å². The molecule has 1 aliphatic carbocycles. The molecule has 0 radical (unpaired) electrons. The second kappa shape index (κ2) is 9.96. The largest absolute Gasteiger partial charge is 0.466 e. The second-order valence-corrected chi connectivity index (χ2v) is 9.18. The van der Waals surface area contributed by atoms with Crippen LogP contribution in [0.2, 0.25) is 0 Å². The molecular formula is C23H21BrFN3O4S. The number of amidine groups is 1. The maximum Gasteiger partial charge on any atom is 0.338 e. The van der Waals surface area contributed by atoms with Gasteiger partial charge in [0.05, 0.1) is 24.3 Å². The van der Waals surface area contributed by atoms with Crippen molar-refractivity contribution in [2.45, 2.75) is 25.3 Å². The van der Waals surface area contributed by atoms with E-state index in [1.165, 1.54) is 31.6 Å². The van der Waals surface area contributed by atoms with E-state index in [-0.39, 0.29) is 16.4 Å². The Morgan fingerprint density at radius 1 is 1.24 bits per heavy atom. The number of hydrogen-bond donors (Lipinski definition) is 1. The molecule has 0 fully saturated rings. The number of esters is 2. The van der Waals surface area contributed by atoms with Crippen LogP contribution in [0.4, 0.5) is 4.39 Å². The van der Waals surface area contributed by atoms with E-state index in [4.69, 9.17) is 14.5 Å². The molecule has 1 aromatic carbocycles. The number of carbonyl (C=O) groups is 2. The Bertz CT molecular complexity index is 1180. The first-order chi connectivity index (χ1) is 15.9. The van der Waals surface area contributed by atoms with Gasteiger partial charge in [0.15, 0.2) is 10.8 Å². The first-order valence-corrected chi connectivity index (χ1v) is 11.9. The second-order valence-electron chi connectivity index (χ2n) is 7.50. The molecule has 2 heterocycles. The molecule has 1 N–H and O–H groups in total. The number of hydrogen-bond acceptors (Lipinski definition) is 8. The summed E-state index contributed by atoms with van der Waals surface area (Å²) < 4.78 is 24.6. The normalized spacial score (nSPS) is 20.5. The molecule has 2 aliphatic rings. The highest BCUT2D eigenvalue weighted by molar-refractivity contribution is 9.10. The number of ether oxygens (including phenoxy) is 2. The smallest absolute Gasteiger partial charge is 0.338 e. The van der Waals surface area contributed by atoms with E-state index in [1.54, 1.807) is 18.3 Å². The van der Waals surface area contributed by atoms with Gasteiger partial charge in [0, 0.05) is 28.8 Å². The first kappa shape index (κ1) is 23.3. The fourth-order valence-corrected chi connectivity index (χ4v) is 5.11. The summed E-state index contributed by atoms with van der Waals surface area (Å²) in [5.41, 5.74) is 2.07. The third kappa shape index (κ3) is 4.63. The minimum Gasteiger partial charge on any atom is -0.466 e. The Labute approximate surface area is 202 Å². The Morgan fingerprint density at radius 2 is 2.03 bits per heavy atom. The molecule has 2 atom stereocenters. The fourth-order valence-electron chi connectivity index (χ4n) is 4.04. The van der Waals surface area contributed by atoms with Crippen LogP contribution in [0.15, 0.2) is 62.2 Å². The van der Waals surface area contributed by atoms with Crippen molar-refractivity contribution in [1.29, 1.82) is 0 Å². The molecule has 172 valence electrons. The van der Waals surface area contributed by atoms with Crippen LogP contribution in [-0.4, -0.2) is 37.0 Å². The predicted octanol–water partition coefficient (Wildman–Crippen LogP) is 4.46. The van der Waals surface area contributed by atoms with Crippen molar-refractivity contribution in [1.82, 2.24) is 10.3 Å². The minimum atomic E-state index is -0.802. The number of rotatable bonds is 5. The Balaban J connectivity index is 1.84. The van der Waals surface area contributed by atoms with Crippen LogP contribution in [0.1, 0.15) is 35.9 Å². The Morgan fingerprint density at radius 3 is 2.67 bits per heavy atom. The zero-order chi connectivity index (χ0) is 23.5. The molecule has 2 aromatic rings. The highest BCUT2D eigenvalue weighted by Crippen LogP contribution is 2.41. The highest BCUT2D eigenvalue weighted by atomic mass is 79.9. The van der Waals surface area contributed by atoms with E-state index in [0.717, 1.165) is 0 Å². The van der Waals surface area contributed by atoms with Crippen LogP contribution in [0.5, 0.6) is 0 Å². The van der Waals surface area contributed by atoms with Gasteiger partial charge in [0.1, 0.15) is 11.9 Å². The van der Waals surface area contributed by atoms with E-state index < -0.39 is 17.8 Å². The number of nitrogens with zero attached hydrogens (tertiary/aromatic N) is 2. The van der Waals surface area contributed by atoms with Crippen LogP contribution >= 0.6 is 27.3 Å². The average molecular weight is 534 g/mol. The van der Waals surface area contributed by atoms with E-state index >= 15 is 0 Å². The van der Waals surface area contributed by atoms with Crippen molar-refractivity contribution in [2.75, 3.05) is 14.2 Å². The van der Waals surface area contributed by atoms with Crippen LogP contribution < -0.4 is 5.32 Å². The number of methoxy groups -OCH3 is 2. The summed E-state index contributed by atoms with van der Waals surface area (Å²) in [6.07, 6.45) is 5.16. The number of thiazole rings is 1. The molecule has 1 aliphatic heterocycles. The molecule has 0 saturated carbocycles. The van der Waals surface area contributed by atoms with E-state index in [2.05, 4.69) is 26.2 Å². The van der Waals surface area contributed by atoms with Gasteiger partial charge in [-0.15, -0.1) is 11.3 Å². The number of carbonyl (C=O) groups excluding carboxylic acids is 2. The molecule has 4 rings (SSSR count). The van der Waals surface area contributed by atoms with E-state index in [0.29, 0.717) is 52.5 Å². The van der Waals surface area contributed by atoms with Crippen LogP contribution in [-0.2, 0) is 19.1 Å². The van der Waals surface area contributed by atoms with E-state index in [9.17, 15) is 14.0 Å². The van der Waals surface area contributed by atoms with Crippen molar-refractivity contribution in [3.63, 3.8) is 0 Å². The number of allylic oxidation sites excluding steroid dienone is 2. The zero-order valence-corrected chi connectivity index (χ0v) is 20.3. The van der Waals surface area contributed by atoms with Gasteiger partial charge in [-0.2, -0.15) is 0 Å². The molecule has 0 saturated heterocycles. The van der Waals surface area contributed by atoms with E-state index in [1.807, 2.05) is 11.5 Å². The van der Waals surface area contributed by atoms with Crippen molar-refractivity contribution in [2.24, 2.45) is 10.9 Å². The van der Waals surface area contributed by atoms with Gasteiger partial charge in [-0.1, -0.05) is 18.2 Å². The van der Waals surface area contributed by atoms with Gasteiger partial charge in [0.25, 0.3) is 0 Å². The molecule has 0 amide bonds. The van der Waals surface area contributed by atoms with Gasteiger partial charge in [0.2, 0.25) is 0 Å². The number of aliphatic imine (C=N–C) groups is 1. The van der Waals surface area contributed by atoms with Gasteiger partial charge < -0.3 is 14.8 Å². The third-order valence-corrected chi connectivity index (χ3v) is 7.27. The molecule has 10 heteroatoms. The monoisotopic (exact) mass is 533 g/mol. The Hall–Kier alpha value is -2.85. The van der Waals surface area contributed by atoms with Gasteiger partial charge in [-0.25, -0.2) is 19.0 Å². The Kier molecular flexibility index (Phi) is 7.04. The lowest BCUT2D eigenvalue weighted by Crippen LogP contribution is -2.37. The fraction of sp³-hybridized carbons (Fsp3) is 0.304. The summed E-state index contributed by atoms with van der Waals surface area (Å²) in [7, 11) is 2.66. The zero-order valence-electron chi connectivity index (χ0n) is 17.9. The van der Waals surface area contributed by atoms with Crippen molar-refractivity contribution < 1.29 is 23.5 Å². The van der Waals surface area contributed by atoms with Crippen LogP contribution in [0.25, 0.3) is 0 Å². The lowest BCUT2D eigenvalue weighted by molar-refractivity contribution is -0.137. The summed E-state index contributed by atoms with van der Waals surface area (Å²) in [6, 6.07) is 3.84. The first-order valence-electron chi connectivity index (χ1n) is 10.2. The lowest BCUT2D eigenvalue weighted by atomic mass is 9.82. The molecular weight excluding hydrogens is 513 g/mol. The van der Waals surface area contributed by atoms with Gasteiger partial charge >= 0.3 is 11.9 Å². The highest BCUT2D eigenvalue weighted by Gasteiger charge is 2.37. The maximum atomic E-state index is 14.4. The summed E-state index contributed by atoms with van der Waals surface area (Å²) in [4.78, 5) is 34.0. The van der Waals surface area contributed by atoms with Crippen molar-refractivity contribution in [3.05, 3.63) is 73.6 Å². The summed E-state index contributed by atoms with van der Waals surface area (Å²) >= 11 is 4.72. The maximum absolute atomic E-state index is 14.4. The standard InChI is InChI=1S/C23H21BrFN3O4S/c1-31-22(29)13-8-6-12(7-9-13)18-16(23(30)32-2)19(14-4-3-5-15(25)17(14)24)28-20(27-18)21-26-10-11-33-21/h3-5,8,10-12,19H,6-7,9H2,1-2H3,(H,27,28)/t12-,19?/m0/s1. The summed E-state index contributed by atoms with van der Waals surface area (Å²) in [6.45, 7) is 0. The summed E-state index contributed by atoms with van der Waals surface area (Å²) in [5.74, 6) is -0.961. The van der Waals surface area contributed by atoms with Gasteiger partial charge in [-0.05, 0) is 46.8 Å². The van der Waals surface area contributed by atoms with Gasteiger partial charge in [-0.3, -0.25) is 4.99 Å². The molecule has 33 heavy (non-hydrogen) atoms. The third-order valence-electron chi connectivity index (χ3n) is 5.66. The SMILES string of the molecule is COC(=O)C1=CC[C@H](C2=C(C(=O)OC)C(c3cccc(F)c3Br)N=C(c3nccs3)N2)CC1. The predicted molar refractivity (Wildman–Crippen MR) is 125 cm³/mol. The molecule has 0 spiro atoms. The van der Waals surface area contributed by atoms with Crippen LogP contribution in [0, 0.1) is 11.7 Å². The topological polar surface area (TPSA) is 89.9 Å². The molecule has 1 aromatic heterocycles. The number of aromatic nitrogens is 1. The molecule has 0 bridgehead atoms. The quantitative estimate of drug-likeness (QED) is 0.570. The van der Waals surface area contributed by atoms with Crippen molar-refractivity contribution in [3.8, 4) is 0 Å². The molecule has 1 unspecified atom stereocenters. The number of benzene rings is 1. The number of halogens is 2. The van der Waals surface area contributed by atoms with Crippen LogP contribution in [0.3, 0.4) is 0 Å². The molecule has 7 nitrogen and oxygen atoms in total. The average Bonchev–Trinajstić information content (AvgIpc) is 3.39.